The summed E-state index contributed by atoms with van der Waals surface area (Å²) in [5.41, 5.74) is 0. The summed E-state index contributed by atoms with van der Waals surface area (Å²) in [6.07, 6.45) is 6.96. The van der Waals surface area contributed by atoms with E-state index in [0.29, 0.717) is 0 Å². The molecule has 0 amide bonds. The summed E-state index contributed by atoms with van der Waals surface area (Å²) in [6.45, 7) is 0. The molecule has 4 heteroatoms. The normalized spacial score (nSPS) is 7.33. The molecule has 2 heterocycles. The van der Waals surface area contributed by atoms with E-state index in [0.717, 1.165) is 0 Å². The van der Waals surface area contributed by atoms with Crippen LogP contribution in [0.1, 0.15) is 0 Å². The molecule has 0 aliphatic carbocycles. The zero-order chi connectivity index (χ0) is 7.78. The first-order valence-corrected chi connectivity index (χ1v) is 3.29. The van der Waals surface area contributed by atoms with Gasteiger partial charge in [0.2, 0.25) is 0 Å². The van der Waals surface area contributed by atoms with Gasteiger partial charge in [0.1, 0.15) is 0 Å². The van der Waals surface area contributed by atoms with Gasteiger partial charge in [0.25, 0.3) is 0 Å². The van der Waals surface area contributed by atoms with Crippen LogP contribution in [0.5, 0.6) is 0 Å². The van der Waals surface area contributed by atoms with Gasteiger partial charge >= 0.3 is 37.7 Å². The molecule has 3 nitrogen and oxygen atoms in total. The number of hydrogen-bond acceptors (Lipinski definition) is 2. The van der Waals surface area contributed by atoms with Crippen LogP contribution in [0.2, 0.25) is 0 Å². The Morgan fingerprint density at radius 3 is 1.75 bits per heavy atom. The van der Waals surface area contributed by atoms with Crippen LogP contribution in [-0.4, -0.2) is 52.9 Å². The van der Waals surface area contributed by atoms with Crippen LogP contribution in [0.15, 0.2) is 49.1 Å². The average molecular weight is 189 g/mol. The number of aromatic nitrogens is 3. The average Bonchev–Trinajstić information content (AvgIpc) is 2.64. The predicted molar refractivity (Wildman–Crippen MR) is 51.4 cm³/mol. The van der Waals surface area contributed by atoms with Crippen LogP contribution < -0.4 is 0 Å². The molecule has 12 heavy (non-hydrogen) atoms. The zero-order valence-corrected chi connectivity index (χ0v) is 6.01. The number of pyridine rings is 1. The summed E-state index contributed by atoms with van der Waals surface area (Å²) >= 11 is 0. The van der Waals surface area contributed by atoms with E-state index in [2.05, 4.69) is 15.2 Å². The number of aromatic amines is 1. The van der Waals surface area contributed by atoms with Crippen molar-refractivity contribution in [3.63, 3.8) is 0 Å². The third-order valence-electron chi connectivity index (χ3n) is 0.972. The minimum atomic E-state index is 0. The fourth-order valence-corrected chi connectivity index (χ4v) is 0.528. The molecule has 2 aromatic rings. The van der Waals surface area contributed by atoms with Crippen molar-refractivity contribution in [2.75, 3.05) is 0 Å². The van der Waals surface area contributed by atoms with E-state index in [4.69, 9.17) is 0 Å². The van der Waals surface area contributed by atoms with Gasteiger partial charge < -0.3 is 0 Å². The van der Waals surface area contributed by atoms with Crippen LogP contribution >= 0.6 is 0 Å². The van der Waals surface area contributed by atoms with E-state index in [1.54, 1.807) is 24.8 Å². The topological polar surface area (TPSA) is 41.6 Å². The first kappa shape index (κ1) is 11.6. The van der Waals surface area contributed by atoms with Crippen molar-refractivity contribution < 1.29 is 0 Å². The molecule has 0 radical (unpaired) electrons. The van der Waals surface area contributed by atoms with Gasteiger partial charge in [0.05, 0.1) is 0 Å². The third kappa shape index (κ3) is 6.34. The van der Waals surface area contributed by atoms with Crippen molar-refractivity contribution in [2.45, 2.75) is 0 Å². The van der Waals surface area contributed by atoms with Gasteiger partial charge in [-0.1, -0.05) is 6.07 Å². The number of nitrogens with zero attached hydrogens (tertiary/aromatic N) is 2. The number of H-pyrrole nitrogens is 1. The molecule has 2 rings (SSSR count). The first-order chi connectivity index (χ1) is 5.50. The quantitative estimate of drug-likeness (QED) is 0.616. The second kappa shape index (κ2) is 8.71. The molecule has 2 aromatic heterocycles. The van der Waals surface area contributed by atoms with Gasteiger partial charge in [0, 0.05) is 24.8 Å². The number of rotatable bonds is 0. The standard InChI is InChI=1S/C5H5N.C3H4N2.Ca.2H/c1-2-4-6-5-3-1;1-2-4-5-3-1;;;/h1-5H;1-3H,(H,4,5);;;. The predicted octanol–water partition coefficient (Wildman–Crippen LogP) is 0.575. The van der Waals surface area contributed by atoms with Gasteiger partial charge in [0.15, 0.2) is 0 Å². The minimum absolute atomic E-state index is 0. The Kier molecular flexibility index (Phi) is 8.44. The summed E-state index contributed by atoms with van der Waals surface area (Å²) in [6, 6.07) is 7.55. The Hall–Kier alpha value is -0.380. The molecule has 60 valence electrons. The Morgan fingerprint density at radius 1 is 0.833 bits per heavy atom. The van der Waals surface area contributed by atoms with Gasteiger partial charge in [-0.25, -0.2) is 0 Å². The van der Waals surface area contributed by atoms with Crippen LogP contribution in [0.3, 0.4) is 0 Å². The molecule has 0 bridgehead atoms. The molecule has 0 aliphatic rings. The third-order valence-corrected chi connectivity index (χ3v) is 0.972. The summed E-state index contributed by atoms with van der Waals surface area (Å²) in [4.78, 5) is 3.78. The van der Waals surface area contributed by atoms with Gasteiger partial charge in [-0.3, -0.25) is 10.1 Å². The van der Waals surface area contributed by atoms with E-state index in [1.807, 2.05) is 24.3 Å². The van der Waals surface area contributed by atoms with E-state index in [1.165, 1.54) is 0 Å². The second-order valence-electron chi connectivity index (χ2n) is 1.79. The molecule has 0 unspecified atom stereocenters. The van der Waals surface area contributed by atoms with Gasteiger partial charge in [-0.15, -0.1) is 0 Å². The monoisotopic (exact) mass is 189 g/mol. The molecule has 0 fully saturated rings. The number of nitrogens with one attached hydrogen (secondary N) is 1. The maximum atomic E-state index is 3.78. The largest absolute Gasteiger partial charge is 0.286 e. The molecule has 1 N–H and O–H groups in total. The van der Waals surface area contributed by atoms with Crippen LogP contribution in [-0.2, 0) is 0 Å². The fourth-order valence-electron chi connectivity index (χ4n) is 0.528. The maximum Gasteiger partial charge on any atom is 0.0487 e. The van der Waals surface area contributed by atoms with E-state index in [-0.39, 0.29) is 37.7 Å². The van der Waals surface area contributed by atoms with Crippen molar-refractivity contribution in [2.24, 2.45) is 0 Å². The smallest absolute Gasteiger partial charge is 0.0487 e. The summed E-state index contributed by atoms with van der Waals surface area (Å²) in [5, 5.41) is 6.21. The number of hydrogen-bond donors (Lipinski definition) is 1. The Balaban J connectivity index is 0.000000189. The first-order valence-electron chi connectivity index (χ1n) is 3.29. The van der Waals surface area contributed by atoms with E-state index in [9.17, 15) is 0 Å². The Labute approximate surface area is 101 Å². The zero-order valence-electron chi connectivity index (χ0n) is 6.01. The van der Waals surface area contributed by atoms with Gasteiger partial charge in [-0.2, -0.15) is 5.10 Å². The molecule has 0 saturated carbocycles. The Morgan fingerprint density at radius 2 is 1.58 bits per heavy atom. The molecular formula is C8H11CaN3. The van der Waals surface area contributed by atoms with Crippen molar-refractivity contribution in [3.8, 4) is 0 Å². The molecule has 0 aromatic carbocycles. The molecule has 0 atom stereocenters. The SMILES string of the molecule is [CaH2].c1ccncc1.c1cn[nH]c1. The van der Waals surface area contributed by atoms with Gasteiger partial charge in [-0.05, 0) is 18.2 Å². The second-order valence-corrected chi connectivity index (χ2v) is 1.79. The molecule has 0 aliphatic heterocycles. The summed E-state index contributed by atoms with van der Waals surface area (Å²) in [7, 11) is 0. The fraction of sp³-hybridized carbons (Fsp3) is 0. The van der Waals surface area contributed by atoms with Crippen molar-refractivity contribution in [3.05, 3.63) is 49.1 Å². The van der Waals surface area contributed by atoms with Crippen LogP contribution in [0, 0.1) is 0 Å². The van der Waals surface area contributed by atoms with E-state index < -0.39 is 0 Å². The summed E-state index contributed by atoms with van der Waals surface area (Å²) < 4.78 is 0. The van der Waals surface area contributed by atoms with Crippen LogP contribution in [0.25, 0.3) is 0 Å². The van der Waals surface area contributed by atoms with Crippen molar-refractivity contribution in [1.29, 1.82) is 0 Å². The Bertz CT molecular complexity index is 200. The maximum absolute atomic E-state index is 3.78. The van der Waals surface area contributed by atoms with Crippen molar-refractivity contribution in [1.82, 2.24) is 15.2 Å². The van der Waals surface area contributed by atoms with E-state index >= 15 is 0 Å². The summed E-state index contributed by atoms with van der Waals surface area (Å²) in [5.74, 6) is 0. The molecule has 0 saturated heterocycles. The molecule has 0 spiro atoms. The minimum Gasteiger partial charge on any atom is -0.286 e. The van der Waals surface area contributed by atoms with Crippen molar-refractivity contribution >= 4 is 37.7 Å². The molecular weight excluding hydrogens is 178 g/mol. The van der Waals surface area contributed by atoms with Crippen LogP contribution in [0.4, 0.5) is 0 Å².